The predicted octanol–water partition coefficient (Wildman–Crippen LogP) is 3.42. The number of rotatable bonds is 3. The fraction of sp³-hybridized carbons (Fsp3) is 0.273. The molecule has 0 saturated carbocycles. The van der Waals surface area contributed by atoms with Crippen LogP contribution in [-0.2, 0) is 11.9 Å². The molecular formula is C11H10F3N3S. The van der Waals surface area contributed by atoms with Crippen LogP contribution in [0.5, 0.6) is 0 Å². The number of benzene rings is 1. The SMILES string of the molecule is Cc1ccc(CSc2n[nH]c(C(F)(F)F)n2)cc1. The van der Waals surface area contributed by atoms with Gasteiger partial charge in [0.2, 0.25) is 11.0 Å². The van der Waals surface area contributed by atoms with Gasteiger partial charge in [0, 0.05) is 5.75 Å². The third kappa shape index (κ3) is 3.25. The summed E-state index contributed by atoms with van der Waals surface area (Å²) in [5.74, 6) is -0.524. The molecule has 18 heavy (non-hydrogen) atoms. The Morgan fingerprint density at radius 1 is 1.22 bits per heavy atom. The molecule has 0 fully saturated rings. The van der Waals surface area contributed by atoms with Crippen molar-refractivity contribution in [2.75, 3.05) is 0 Å². The highest BCUT2D eigenvalue weighted by Crippen LogP contribution is 2.28. The summed E-state index contributed by atoms with van der Waals surface area (Å²) in [6.07, 6.45) is -4.48. The summed E-state index contributed by atoms with van der Waals surface area (Å²) in [5.41, 5.74) is 2.16. The molecular weight excluding hydrogens is 263 g/mol. The summed E-state index contributed by atoms with van der Waals surface area (Å²) in [4.78, 5) is 3.39. The Morgan fingerprint density at radius 3 is 2.44 bits per heavy atom. The Balaban J connectivity index is 1.98. The minimum absolute atomic E-state index is 0.0999. The number of hydrogen-bond acceptors (Lipinski definition) is 3. The second-order valence-corrected chi connectivity index (χ2v) is 4.68. The lowest BCUT2D eigenvalue weighted by Crippen LogP contribution is -2.07. The van der Waals surface area contributed by atoms with E-state index in [9.17, 15) is 13.2 Å². The average molecular weight is 273 g/mol. The van der Waals surface area contributed by atoms with Crippen LogP contribution in [0.3, 0.4) is 0 Å². The van der Waals surface area contributed by atoms with E-state index in [-0.39, 0.29) is 5.16 Å². The summed E-state index contributed by atoms with van der Waals surface area (Å²) >= 11 is 1.16. The van der Waals surface area contributed by atoms with Crippen molar-refractivity contribution in [2.24, 2.45) is 0 Å². The van der Waals surface area contributed by atoms with Gasteiger partial charge in [-0.2, -0.15) is 18.2 Å². The molecule has 0 aliphatic rings. The topological polar surface area (TPSA) is 41.6 Å². The van der Waals surface area contributed by atoms with Crippen LogP contribution in [0.15, 0.2) is 29.4 Å². The second kappa shape index (κ2) is 5.01. The van der Waals surface area contributed by atoms with Crippen molar-refractivity contribution in [3.63, 3.8) is 0 Å². The van der Waals surface area contributed by atoms with Gasteiger partial charge in [-0.15, -0.1) is 5.10 Å². The van der Waals surface area contributed by atoms with Crippen molar-refractivity contribution in [1.29, 1.82) is 0 Å². The normalized spacial score (nSPS) is 11.8. The van der Waals surface area contributed by atoms with E-state index in [0.717, 1.165) is 22.9 Å². The monoisotopic (exact) mass is 273 g/mol. The first-order chi connectivity index (χ1) is 8.45. The molecule has 0 radical (unpaired) electrons. The van der Waals surface area contributed by atoms with E-state index in [1.54, 1.807) is 0 Å². The molecule has 1 heterocycles. The second-order valence-electron chi connectivity index (χ2n) is 3.74. The van der Waals surface area contributed by atoms with Crippen LogP contribution >= 0.6 is 11.8 Å². The number of H-pyrrole nitrogens is 1. The molecule has 3 nitrogen and oxygen atoms in total. The quantitative estimate of drug-likeness (QED) is 0.871. The first-order valence-corrected chi connectivity index (χ1v) is 6.11. The maximum atomic E-state index is 12.3. The van der Waals surface area contributed by atoms with Crippen LogP contribution in [0.1, 0.15) is 17.0 Å². The Bertz CT molecular complexity index is 519. The van der Waals surface area contributed by atoms with Gasteiger partial charge in [-0.1, -0.05) is 41.6 Å². The number of alkyl halides is 3. The van der Waals surface area contributed by atoms with Gasteiger partial charge in [-0.05, 0) is 12.5 Å². The molecule has 2 rings (SSSR count). The molecule has 0 aliphatic heterocycles. The van der Waals surface area contributed by atoms with Crippen LogP contribution in [-0.4, -0.2) is 15.2 Å². The van der Waals surface area contributed by atoms with Gasteiger partial charge in [-0.25, -0.2) is 0 Å². The molecule has 96 valence electrons. The van der Waals surface area contributed by atoms with Crippen molar-refractivity contribution in [2.45, 2.75) is 24.0 Å². The molecule has 0 atom stereocenters. The lowest BCUT2D eigenvalue weighted by Gasteiger charge is -1.99. The Kier molecular flexibility index (Phi) is 3.60. The van der Waals surface area contributed by atoms with E-state index in [4.69, 9.17) is 0 Å². The minimum atomic E-state index is -4.48. The maximum Gasteiger partial charge on any atom is 0.451 e. The zero-order chi connectivity index (χ0) is 13.2. The van der Waals surface area contributed by atoms with E-state index in [1.165, 1.54) is 0 Å². The van der Waals surface area contributed by atoms with E-state index < -0.39 is 12.0 Å². The highest BCUT2D eigenvalue weighted by Gasteiger charge is 2.35. The minimum Gasteiger partial charge on any atom is -0.254 e. The lowest BCUT2D eigenvalue weighted by molar-refractivity contribution is -0.144. The number of nitrogens with one attached hydrogen (secondary N) is 1. The molecule has 0 amide bonds. The first-order valence-electron chi connectivity index (χ1n) is 5.13. The zero-order valence-electron chi connectivity index (χ0n) is 9.45. The average Bonchev–Trinajstić information content (AvgIpc) is 2.77. The number of thioether (sulfide) groups is 1. The molecule has 0 aliphatic carbocycles. The van der Waals surface area contributed by atoms with Gasteiger partial charge in [0.25, 0.3) is 0 Å². The number of halogens is 3. The number of hydrogen-bond donors (Lipinski definition) is 1. The predicted molar refractivity (Wildman–Crippen MR) is 62.1 cm³/mol. The fourth-order valence-electron chi connectivity index (χ4n) is 1.27. The Morgan fingerprint density at radius 2 is 1.89 bits per heavy atom. The van der Waals surface area contributed by atoms with Gasteiger partial charge in [0.05, 0.1) is 0 Å². The van der Waals surface area contributed by atoms with E-state index in [2.05, 4.69) is 10.1 Å². The van der Waals surface area contributed by atoms with Gasteiger partial charge in [0.1, 0.15) is 0 Å². The molecule has 1 aromatic heterocycles. The number of nitrogens with zero attached hydrogens (tertiary/aromatic N) is 2. The Labute approximate surface area is 106 Å². The molecule has 0 bridgehead atoms. The van der Waals surface area contributed by atoms with Crippen molar-refractivity contribution < 1.29 is 13.2 Å². The third-order valence-electron chi connectivity index (χ3n) is 2.22. The third-order valence-corrected chi connectivity index (χ3v) is 3.14. The highest BCUT2D eigenvalue weighted by molar-refractivity contribution is 7.98. The van der Waals surface area contributed by atoms with Crippen molar-refractivity contribution in [3.05, 3.63) is 41.2 Å². The molecule has 0 unspecified atom stereocenters. The molecule has 1 N–H and O–H groups in total. The summed E-state index contributed by atoms with van der Waals surface area (Å²) < 4.78 is 36.8. The first kappa shape index (κ1) is 12.9. The largest absolute Gasteiger partial charge is 0.451 e. The van der Waals surface area contributed by atoms with Crippen LogP contribution in [0.2, 0.25) is 0 Å². The fourth-order valence-corrected chi connectivity index (χ4v) is 2.02. The van der Waals surface area contributed by atoms with Crippen LogP contribution < -0.4 is 0 Å². The molecule has 0 spiro atoms. The molecule has 1 aromatic carbocycles. The van der Waals surface area contributed by atoms with E-state index in [0.29, 0.717) is 5.75 Å². The molecule has 2 aromatic rings. The van der Waals surface area contributed by atoms with Crippen molar-refractivity contribution >= 4 is 11.8 Å². The summed E-state index contributed by atoms with van der Waals surface area (Å²) in [7, 11) is 0. The maximum absolute atomic E-state index is 12.3. The number of aromatic amines is 1. The molecule has 7 heteroatoms. The number of aromatic nitrogens is 3. The van der Waals surface area contributed by atoms with Crippen molar-refractivity contribution in [3.8, 4) is 0 Å². The van der Waals surface area contributed by atoms with Crippen LogP contribution in [0.4, 0.5) is 13.2 Å². The van der Waals surface area contributed by atoms with Gasteiger partial charge in [-0.3, -0.25) is 5.10 Å². The Hall–Kier alpha value is -1.50. The smallest absolute Gasteiger partial charge is 0.254 e. The van der Waals surface area contributed by atoms with Gasteiger partial charge < -0.3 is 0 Å². The van der Waals surface area contributed by atoms with Crippen molar-refractivity contribution in [1.82, 2.24) is 15.2 Å². The van der Waals surface area contributed by atoms with E-state index >= 15 is 0 Å². The zero-order valence-corrected chi connectivity index (χ0v) is 10.3. The standard InChI is InChI=1S/C11H10F3N3S/c1-7-2-4-8(5-3-7)6-18-10-15-9(16-17-10)11(12,13)14/h2-5H,6H2,1H3,(H,15,16,17). The molecule has 0 saturated heterocycles. The number of aryl methyl sites for hydroxylation is 1. The summed E-state index contributed by atoms with van der Waals surface area (Å²) in [6, 6.07) is 7.77. The van der Waals surface area contributed by atoms with Crippen LogP contribution in [0.25, 0.3) is 0 Å². The van der Waals surface area contributed by atoms with E-state index in [1.807, 2.05) is 36.3 Å². The lowest BCUT2D eigenvalue weighted by atomic mass is 10.2. The van der Waals surface area contributed by atoms with Gasteiger partial charge >= 0.3 is 6.18 Å². The van der Waals surface area contributed by atoms with Crippen LogP contribution in [0, 0.1) is 6.92 Å². The highest BCUT2D eigenvalue weighted by atomic mass is 32.2. The van der Waals surface area contributed by atoms with Gasteiger partial charge in [0.15, 0.2) is 0 Å². The summed E-state index contributed by atoms with van der Waals surface area (Å²) in [5, 5.41) is 5.51. The summed E-state index contributed by atoms with van der Waals surface area (Å²) in [6.45, 7) is 1.97.